The van der Waals surface area contributed by atoms with Crippen molar-refractivity contribution in [3.63, 3.8) is 0 Å². The SMILES string of the molecule is C=C1/C(=C\C=C2/CCCC3(C)C2CCC3C(C)OCCCCS(=O)C(C)(C)C)CCCC1O. The van der Waals surface area contributed by atoms with E-state index in [0.717, 1.165) is 50.0 Å². The van der Waals surface area contributed by atoms with Crippen LogP contribution in [-0.2, 0) is 15.5 Å². The molecule has 3 rings (SSSR count). The largest absolute Gasteiger partial charge is 0.388 e. The summed E-state index contributed by atoms with van der Waals surface area (Å²) in [4.78, 5) is 0. The van der Waals surface area contributed by atoms with E-state index in [9.17, 15) is 9.32 Å². The van der Waals surface area contributed by atoms with Crippen LogP contribution in [0.25, 0.3) is 0 Å². The first-order valence-electron chi connectivity index (χ1n) is 13.3. The summed E-state index contributed by atoms with van der Waals surface area (Å²) in [6.07, 6.45) is 15.7. The van der Waals surface area contributed by atoms with Crippen LogP contribution in [0, 0.1) is 17.3 Å². The third-order valence-electron chi connectivity index (χ3n) is 8.63. The zero-order valence-corrected chi connectivity index (χ0v) is 22.6. The third kappa shape index (κ3) is 6.49. The van der Waals surface area contributed by atoms with Crippen molar-refractivity contribution in [3.05, 3.63) is 35.5 Å². The molecule has 0 aromatic heterocycles. The first-order valence-corrected chi connectivity index (χ1v) is 14.6. The van der Waals surface area contributed by atoms with Gasteiger partial charge < -0.3 is 9.84 Å². The second-order valence-electron chi connectivity index (χ2n) is 11.9. The zero-order chi connectivity index (χ0) is 24.2. The van der Waals surface area contributed by atoms with Crippen LogP contribution in [0.3, 0.4) is 0 Å². The Bertz CT molecular complexity index is 774. The molecular weight excluding hydrogens is 428 g/mol. The van der Waals surface area contributed by atoms with E-state index in [1.54, 1.807) is 5.57 Å². The number of unbranched alkanes of at least 4 members (excludes halogenated alkanes) is 1. The lowest BCUT2D eigenvalue weighted by molar-refractivity contribution is -0.0256. The van der Waals surface area contributed by atoms with E-state index in [0.29, 0.717) is 17.3 Å². The molecule has 3 nitrogen and oxygen atoms in total. The minimum atomic E-state index is -0.764. The number of allylic oxidation sites excluding steroid dienone is 3. The second kappa shape index (κ2) is 11.4. The molecule has 0 amide bonds. The summed E-state index contributed by atoms with van der Waals surface area (Å²) in [5.74, 6) is 2.03. The van der Waals surface area contributed by atoms with Crippen molar-refractivity contribution in [2.75, 3.05) is 12.4 Å². The number of rotatable bonds is 8. The lowest BCUT2D eigenvalue weighted by Crippen LogP contribution is -2.38. The summed E-state index contributed by atoms with van der Waals surface area (Å²) in [6, 6.07) is 0. The predicted octanol–water partition coefficient (Wildman–Crippen LogP) is 6.89. The molecule has 3 fully saturated rings. The van der Waals surface area contributed by atoms with Crippen LogP contribution in [0.15, 0.2) is 35.5 Å². The monoisotopic (exact) mass is 476 g/mol. The predicted molar refractivity (Wildman–Crippen MR) is 141 cm³/mol. The van der Waals surface area contributed by atoms with E-state index in [-0.39, 0.29) is 17.0 Å². The van der Waals surface area contributed by atoms with Crippen LogP contribution in [0.5, 0.6) is 0 Å². The fourth-order valence-electron chi connectivity index (χ4n) is 6.51. The quantitative estimate of drug-likeness (QED) is 0.388. The van der Waals surface area contributed by atoms with Gasteiger partial charge in [0, 0.05) is 27.9 Å². The molecule has 0 heterocycles. The highest BCUT2D eigenvalue weighted by molar-refractivity contribution is 7.86. The highest BCUT2D eigenvalue weighted by atomic mass is 32.2. The van der Waals surface area contributed by atoms with Crippen LogP contribution < -0.4 is 0 Å². The van der Waals surface area contributed by atoms with Gasteiger partial charge in [0.05, 0.1) is 12.2 Å². The zero-order valence-electron chi connectivity index (χ0n) is 21.8. The Balaban J connectivity index is 1.55. The van der Waals surface area contributed by atoms with Gasteiger partial charge in [0.1, 0.15) is 0 Å². The average Bonchev–Trinajstić information content (AvgIpc) is 3.11. The molecule has 3 saturated carbocycles. The van der Waals surface area contributed by atoms with Crippen molar-refractivity contribution >= 4 is 10.8 Å². The van der Waals surface area contributed by atoms with Gasteiger partial charge in [0.2, 0.25) is 0 Å². The minimum Gasteiger partial charge on any atom is -0.388 e. The molecule has 4 heteroatoms. The lowest BCUT2D eigenvalue weighted by atomic mass is 9.62. The Morgan fingerprint density at radius 1 is 1.18 bits per heavy atom. The van der Waals surface area contributed by atoms with Crippen LogP contribution >= 0.6 is 0 Å². The highest BCUT2D eigenvalue weighted by Gasteiger charge is 2.51. The van der Waals surface area contributed by atoms with Gasteiger partial charge >= 0.3 is 0 Å². The molecular formula is C29H48O3S. The number of aliphatic hydroxyl groups excluding tert-OH is 1. The molecule has 0 aliphatic heterocycles. The van der Waals surface area contributed by atoms with Crippen molar-refractivity contribution in [2.45, 2.75) is 116 Å². The Labute approximate surface area is 205 Å². The molecule has 0 bridgehead atoms. The maximum absolute atomic E-state index is 12.2. The van der Waals surface area contributed by atoms with Crippen LogP contribution in [0.1, 0.15) is 98.8 Å². The Morgan fingerprint density at radius 3 is 2.67 bits per heavy atom. The van der Waals surface area contributed by atoms with Gasteiger partial charge in [-0.1, -0.05) is 31.2 Å². The van der Waals surface area contributed by atoms with Crippen LogP contribution in [-0.4, -0.2) is 38.6 Å². The molecule has 3 aliphatic carbocycles. The molecule has 0 saturated heterocycles. The number of fused-ring (bicyclic) bond motifs is 1. The fourth-order valence-corrected chi connectivity index (χ4v) is 7.59. The van der Waals surface area contributed by atoms with Crippen LogP contribution in [0.2, 0.25) is 0 Å². The summed E-state index contributed by atoms with van der Waals surface area (Å²) in [6.45, 7) is 15.9. The number of ether oxygens (including phenoxy) is 1. The van der Waals surface area contributed by atoms with Gasteiger partial charge in [-0.3, -0.25) is 4.21 Å². The summed E-state index contributed by atoms with van der Waals surface area (Å²) in [5.41, 5.74) is 4.09. The van der Waals surface area contributed by atoms with E-state index in [2.05, 4.69) is 53.3 Å². The van der Waals surface area contributed by atoms with Crippen molar-refractivity contribution in [2.24, 2.45) is 17.3 Å². The summed E-state index contributed by atoms with van der Waals surface area (Å²) in [7, 11) is -0.764. The van der Waals surface area contributed by atoms with Crippen molar-refractivity contribution in [1.29, 1.82) is 0 Å². The highest BCUT2D eigenvalue weighted by Crippen LogP contribution is 2.58. The smallest absolute Gasteiger partial charge is 0.0787 e. The molecule has 0 spiro atoms. The molecule has 3 aliphatic rings. The summed E-state index contributed by atoms with van der Waals surface area (Å²) < 4.78 is 18.5. The van der Waals surface area contributed by atoms with E-state index >= 15 is 0 Å². The Kier molecular flexibility index (Phi) is 9.25. The first kappa shape index (κ1) is 26.9. The molecule has 0 aromatic carbocycles. The molecule has 33 heavy (non-hydrogen) atoms. The van der Waals surface area contributed by atoms with Crippen LogP contribution in [0.4, 0.5) is 0 Å². The molecule has 1 N–H and O–H groups in total. The van der Waals surface area contributed by atoms with Gasteiger partial charge in [-0.05, 0) is 120 Å². The first-order chi connectivity index (χ1) is 15.5. The average molecular weight is 477 g/mol. The molecule has 0 aromatic rings. The van der Waals surface area contributed by atoms with E-state index in [4.69, 9.17) is 4.74 Å². The maximum atomic E-state index is 12.2. The topological polar surface area (TPSA) is 46.5 Å². The van der Waals surface area contributed by atoms with Gasteiger partial charge in [-0.2, -0.15) is 0 Å². The Morgan fingerprint density at radius 2 is 1.94 bits per heavy atom. The normalized spacial score (nSPS) is 35.1. The van der Waals surface area contributed by atoms with Crippen molar-refractivity contribution < 1.29 is 14.1 Å². The van der Waals surface area contributed by atoms with Crippen molar-refractivity contribution in [1.82, 2.24) is 0 Å². The van der Waals surface area contributed by atoms with E-state index < -0.39 is 10.8 Å². The molecule has 0 radical (unpaired) electrons. The molecule has 6 atom stereocenters. The van der Waals surface area contributed by atoms with Gasteiger partial charge in [-0.15, -0.1) is 0 Å². The summed E-state index contributed by atoms with van der Waals surface area (Å²) in [5, 5.41) is 10.1. The Hall–Kier alpha value is -0.710. The fraction of sp³-hybridized carbons (Fsp3) is 0.793. The second-order valence-corrected chi connectivity index (χ2v) is 14.2. The number of aliphatic hydroxyl groups is 1. The van der Waals surface area contributed by atoms with Gasteiger partial charge in [0.15, 0.2) is 0 Å². The minimum absolute atomic E-state index is 0.117. The summed E-state index contributed by atoms with van der Waals surface area (Å²) >= 11 is 0. The third-order valence-corrected chi connectivity index (χ3v) is 10.7. The van der Waals surface area contributed by atoms with Gasteiger partial charge in [-0.25, -0.2) is 0 Å². The van der Waals surface area contributed by atoms with E-state index in [1.807, 2.05) is 0 Å². The van der Waals surface area contributed by atoms with E-state index in [1.165, 1.54) is 37.7 Å². The number of hydrogen-bond acceptors (Lipinski definition) is 3. The van der Waals surface area contributed by atoms with Gasteiger partial charge in [0.25, 0.3) is 0 Å². The lowest BCUT2D eigenvalue weighted by Gasteiger charge is -2.44. The molecule has 6 unspecified atom stereocenters. The maximum Gasteiger partial charge on any atom is 0.0787 e. The number of hydrogen-bond donors (Lipinski definition) is 1. The standard InChI is InChI=1S/C29H48O3S/c1-21-23(11-9-13-27(21)30)14-15-24-12-10-18-29(6)25(16-17-26(24)29)22(2)32-19-7-8-20-33(31)28(3,4)5/h14-15,22,25-27,30H,1,7-13,16-20H2,2-6H3/b23-14-,24-15+. The van der Waals surface area contributed by atoms with Crippen molar-refractivity contribution in [3.8, 4) is 0 Å². The molecule has 188 valence electrons.